The highest BCUT2D eigenvalue weighted by molar-refractivity contribution is 7.92. The third-order valence-electron chi connectivity index (χ3n) is 6.94. The van der Waals surface area contributed by atoms with Gasteiger partial charge in [0.25, 0.3) is 10.0 Å². The Labute approximate surface area is 215 Å². The minimum atomic E-state index is -4.38. The number of hydrogen-bond donors (Lipinski definition) is 1. The maximum Gasteiger partial charge on any atom is 0.391 e. The van der Waals surface area contributed by atoms with Crippen LogP contribution < -0.4 is 9.46 Å². The van der Waals surface area contributed by atoms with E-state index in [4.69, 9.17) is 4.74 Å². The zero-order valence-corrected chi connectivity index (χ0v) is 20.6. The van der Waals surface area contributed by atoms with E-state index in [9.17, 15) is 26.0 Å². The maximum atomic E-state index is 15.3. The smallest absolute Gasteiger partial charge is 0.391 e. The van der Waals surface area contributed by atoms with Crippen molar-refractivity contribution >= 4 is 15.8 Å². The number of hydrogen-bond acceptors (Lipinski definition) is 6. The van der Waals surface area contributed by atoms with E-state index < -0.39 is 50.7 Å². The number of alkyl halides is 3. The fourth-order valence-electron chi connectivity index (χ4n) is 5.13. The van der Waals surface area contributed by atoms with Crippen molar-refractivity contribution in [2.75, 3.05) is 17.9 Å². The Balaban J connectivity index is 1.49. The molecule has 38 heavy (non-hydrogen) atoms. The maximum absolute atomic E-state index is 15.3. The van der Waals surface area contributed by atoms with E-state index in [0.29, 0.717) is 17.5 Å². The number of halogens is 5. The van der Waals surface area contributed by atoms with Gasteiger partial charge in [-0.3, -0.25) is 9.62 Å². The van der Waals surface area contributed by atoms with Crippen LogP contribution in [-0.4, -0.2) is 42.6 Å². The molecule has 1 fully saturated rings. The topological polar surface area (TPSA) is 84.4 Å². The molecule has 0 bridgehead atoms. The van der Waals surface area contributed by atoms with Gasteiger partial charge in [0.2, 0.25) is 0 Å². The van der Waals surface area contributed by atoms with Crippen molar-refractivity contribution < 1.29 is 35.1 Å². The van der Waals surface area contributed by atoms with Crippen LogP contribution in [0.25, 0.3) is 0 Å². The fraction of sp³-hybridized carbons (Fsp3) is 0.360. The molecule has 3 atom stereocenters. The summed E-state index contributed by atoms with van der Waals surface area (Å²) in [5.74, 6) is -3.01. The highest BCUT2D eigenvalue weighted by atomic mass is 32.2. The number of likely N-dealkylation sites (tertiary alicyclic amines) is 1. The Bertz CT molecular complexity index is 1400. The third kappa shape index (κ3) is 5.30. The van der Waals surface area contributed by atoms with E-state index in [1.54, 1.807) is 0 Å². The summed E-state index contributed by atoms with van der Waals surface area (Å²) in [6, 6.07) is 7.51. The Morgan fingerprint density at radius 2 is 1.79 bits per heavy atom. The van der Waals surface area contributed by atoms with Crippen LogP contribution in [0.4, 0.5) is 27.8 Å². The van der Waals surface area contributed by atoms with Gasteiger partial charge in [-0.15, -0.1) is 0 Å². The van der Waals surface area contributed by atoms with E-state index in [-0.39, 0.29) is 37.6 Å². The van der Waals surface area contributed by atoms with E-state index in [1.165, 1.54) is 36.5 Å². The molecule has 2 aromatic carbocycles. The van der Waals surface area contributed by atoms with Gasteiger partial charge in [-0.05, 0) is 49.2 Å². The van der Waals surface area contributed by atoms with Crippen molar-refractivity contribution in [2.24, 2.45) is 5.92 Å². The molecule has 1 N–H and O–H groups in total. The highest BCUT2D eigenvalue weighted by Gasteiger charge is 2.46. The van der Waals surface area contributed by atoms with Gasteiger partial charge < -0.3 is 4.74 Å². The normalized spacial score (nSPS) is 22.4. The largest absolute Gasteiger partial charge is 0.493 e. The van der Waals surface area contributed by atoms with E-state index in [0.717, 1.165) is 18.5 Å². The molecule has 2 aliphatic heterocycles. The summed E-state index contributed by atoms with van der Waals surface area (Å²) < 4.78 is 103. The van der Waals surface area contributed by atoms with Gasteiger partial charge >= 0.3 is 6.18 Å². The number of fused-ring (bicyclic) bond motifs is 1. The lowest BCUT2D eigenvalue weighted by molar-refractivity contribution is -0.192. The number of ether oxygens (including phenoxy) is 1. The number of sulfonamides is 1. The quantitative estimate of drug-likeness (QED) is 0.426. The molecule has 3 aromatic rings. The second-order valence-corrected chi connectivity index (χ2v) is 10.9. The van der Waals surface area contributed by atoms with Crippen LogP contribution in [0.5, 0.6) is 5.75 Å². The molecule has 5 rings (SSSR count). The molecule has 202 valence electrons. The molecule has 1 saturated heterocycles. The van der Waals surface area contributed by atoms with Gasteiger partial charge in [0.15, 0.2) is 0 Å². The van der Waals surface area contributed by atoms with Crippen molar-refractivity contribution in [2.45, 2.75) is 42.4 Å². The number of benzene rings is 2. The highest BCUT2D eigenvalue weighted by Crippen LogP contribution is 2.48. The number of nitrogens with zero attached hydrogens (tertiary/aromatic N) is 3. The molecular formula is C25H23F5N4O3S. The van der Waals surface area contributed by atoms with Crippen molar-refractivity contribution in [1.29, 1.82) is 0 Å². The molecule has 0 radical (unpaired) electrons. The summed E-state index contributed by atoms with van der Waals surface area (Å²) in [7, 11) is -4.37. The lowest BCUT2D eigenvalue weighted by atomic mass is 9.84. The Morgan fingerprint density at radius 1 is 1.03 bits per heavy atom. The van der Waals surface area contributed by atoms with Crippen molar-refractivity contribution in [3.8, 4) is 5.75 Å². The Kier molecular flexibility index (Phi) is 6.99. The average molecular weight is 555 g/mol. The van der Waals surface area contributed by atoms with Gasteiger partial charge in [-0.1, -0.05) is 12.1 Å². The summed E-state index contributed by atoms with van der Waals surface area (Å²) in [6.45, 7) is 0.213. The Hall–Kier alpha value is -3.32. The lowest BCUT2D eigenvalue weighted by Crippen LogP contribution is -2.44. The average Bonchev–Trinajstić information content (AvgIpc) is 2.88. The van der Waals surface area contributed by atoms with Gasteiger partial charge in [0.05, 0.1) is 12.5 Å². The molecule has 2 aliphatic rings. The van der Waals surface area contributed by atoms with Gasteiger partial charge in [0, 0.05) is 36.3 Å². The summed E-state index contributed by atoms with van der Waals surface area (Å²) in [5, 5.41) is 0. The second kappa shape index (κ2) is 10.1. The summed E-state index contributed by atoms with van der Waals surface area (Å²) in [6.07, 6.45) is -1.96. The summed E-state index contributed by atoms with van der Waals surface area (Å²) >= 11 is 0. The van der Waals surface area contributed by atoms with Crippen LogP contribution in [0.3, 0.4) is 0 Å². The number of rotatable bonds is 5. The number of aromatic nitrogens is 2. The first kappa shape index (κ1) is 26.3. The molecule has 13 heteroatoms. The Morgan fingerprint density at radius 3 is 2.47 bits per heavy atom. The van der Waals surface area contributed by atoms with Crippen LogP contribution in [0.1, 0.15) is 42.5 Å². The standard InChI is InChI=1S/C25H23F5N4O3S/c26-17-3-1-15(2-4-17)21-11-16(25(28,29)30)6-9-34(21)20-7-10-37-22-13-23(19(27)12-18(20)22)38(35,36)33-24-5-8-31-14-32-24/h1-5,8,12-14,16,20-21H,6-7,9-11H2,(H,31,32,33)/t16-,20+,21+/m1/s1. The third-order valence-corrected chi connectivity index (χ3v) is 8.31. The minimum Gasteiger partial charge on any atom is -0.493 e. The molecule has 0 amide bonds. The van der Waals surface area contributed by atoms with Gasteiger partial charge in [-0.25, -0.2) is 27.2 Å². The van der Waals surface area contributed by atoms with Gasteiger partial charge in [0.1, 0.15) is 34.4 Å². The lowest BCUT2D eigenvalue weighted by Gasteiger charge is -2.46. The molecule has 0 spiro atoms. The van der Waals surface area contributed by atoms with Crippen molar-refractivity contribution in [3.05, 3.63) is 77.8 Å². The molecule has 0 aliphatic carbocycles. The van der Waals surface area contributed by atoms with Gasteiger partial charge in [-0.2, -0.15) is 13.2 Å². The van der Waals surface area contributed by atoms with Crippen LogP contribution in [-0.2, 0) is 10.0 Å². The predicted octanol–water partition coefficient (Wildman–Crippen LogP) is 5.39. The van der Waals surface area contributed by atoms with Crippen molar-refractivity contribution in [1.82, 2.24) is 14.9 Å². The molecule has 7 nitrogen and oxygen atoms in total. The summed E-state index contributed by atoms with van der Waals surface area (Å²) in [5.41, 5.74) is 0.856. The number of nitrogens with one attached hydrogen (secondary N) is 1. The van der Waals surface area contributed by atoms with Crippen LogP contribution in [0, 0.1) is 17.6 Å². The monoisotopic (exact) mass is 554 g/mol. The molecular weight excluding hydrogens is 531 g/mol. The first-order valence-corrected chi connectivity index (χ1v) is 13.3. The molecule has 0 unspecified atom stereocenters. The zero-order valence-electron chi connectivity index (χ0n) is 19.8. The minimum absolute atomic E-state index is 0.0504. The van der Waals surface area contributed by atoms with E-state index in [1.807, 2.05) is 4.90 Å². The van der Waals surface area contributed by atoms with Crippen LogP contribution in [0.2, 0.25) is 0 Å². The summed E-state index contributed by atoms with van der Waals surface area (Å²) in [4.78, 5) is 8.68. The second-order valence-electron chi connectivity index (χ2n) is 9.24. The van der Waals surface area contributed by atoms with Crippen LogP contribution >= 0.6 is 0 Å². The first-order valence-electron chi connectivity index (χ1n) is 11.9. The molecule has 3 heterocycles. The predicted molar refractivity (Wildman–Crippen MR) is 127 cm³/mol. The SMILES string of the molecule is O=S(=O)(Nc1ccncn1)c1cc2c(cc1F)[C@@H](N1CC[C@@H](C(F)(F)F)C[C@H]1c1ccc(F)cc1)CCO2. The zero-order chi connectivity index (χ0) is 27.1. The van der Waals surface area contributed by atoms with E-state index >= 15 is 4.39 Å². The fourth-order valence-corrected chi connectivity index (χ4v) is 6.22. The van der Waals surface area contributed by atoms with Crippen LogP contribution in [0.15, 0.2) is 59.9 Å². The first-order chi connectivity index (χ1) is 18.0. The van der Waals surface area contributed by atoms with E-state index in [2.05, 4.69) is 14.7 Å². The van der Waals surface area contributed by atoms with Crippen molar-refractivity contribution in [3.63, 3.8) is 0 Å². The number of anilines is 1. The molecule has 1 aromatic heterocycles. The molecule has 0 saturated carbocycles. The number of piperidine rings is 1.